The number of methoxy groups -OCH3 is 1. The highest BCUT2D eigenvalue weighted by molar-refractivity contribution is 6.04. The van der Waals surface area contributed by atoms with E-state index in [0.29, 0.717) is 5.69 Å². The van der Waals surface area contributed by atoms with Gasteiger partial charge in [-0.25, -0.2) is 4.39 Å². The normalized spacial score (nSPS) is 10.8. The number of carbonyl (C=O) groups is 2. The Morgan fingerprint density at radius 3 is 2.64 bits per heavy atom. The quantitative estimate of drug-likeness (QED) is 0.788. The summed E-state index contributed by atoms with van der Waals surface area (Å²) in [6.07, 6.45) is 1.07. The molecule has 0 fully saturated rings. The van der Waals surface area contributed by atoms with Crippen LogP contribution in [0.1, 0.15) is 21.7 Å². The van der Waals surface area contributed by atoms with E-state index in [9.17, 15) is 19.1 Å². The van der Waals surface area contributed by atoms with E-state index in [1.54, 1.807) is 25.1 Å². The SMILES string of the molecule is COc1ccc2c(c1F)c(CC(=O)O)c(C)n2C(=O)c1ccccn1. The lowest BCUT2D eigenvalue weighted by atomic mass is 10.1. The first kappa shape index (κ1) is 16.6. The smallest absolute Gasteiger partial charge is 0.307 e. The van der Waals surface area contributed by atoms with Gasteiger partial charge in [-0.1, -0.05) is 6.07 Å². The van der Waals surface area contributed by atoms with Gasteiger partial charge in [0.1, 0.15) is 5.69 Å². The molecule has 6 nitrogen and oxygen atoms in total. The highest BCUT2D eigenvalue weighted by Gasteiger charge is 2.25. The molecule has 1 aromatic carbocycles. The van der Waals surface area contributed by atoms with Crippen molar-refractivity contribution in [1.82, 2.24) is 9.55 Å². The summed E-state index contributed by atoms with van der Waals surface area (Å²) in [4.78, 5) is 28.1. The van der Waals surface area contributed by atoms with Gasteiger partial charge in [0.05, 0.1) is 19.0 Å². The minimum atomic E-state index is -1.12. The number of ether oxygens (including phenoxy) is 1. The Hall–Kier alpha value is -3.22. The largest absolute Gasteiger partial charge is 0.494 e. The fraction of sp³-hybridized carbons (Fsp3) is 0.167. The average molecular weight is 342 g/mol. The molecular formula is C18H15FN2O4. The molecule has 0 amide bonds. The molecule has 0 bridgehead atoms. The fourth-order valence-corrected chi connectivity index (χ4v) is 2.91. The molecule has 25 heavy (non-hydrogen) atoms. The monoisotopic (exact) mass is 342 g/mol. The first-order valence-corrected chi connectivity index (χ1v) is 7.49. The van der Waals surface area contributed by atoms with E-state index in [4.69, 9.17) is 4.74 Å². The van der Waals surface area contributed by atoms with Crippen LogP contribution in [-0.4, -0.2) is 33.6 Å². The molecular weight excluding hydrogens is 327 g/mol. The van der Waals surface area contributed by atoms with Gasteiger partial charge in [-0.15, -0.1) is 0 Å². The first-order valence-electron chi connectivity index (χ1n) is 7.49. The summed E-state index contributed by atoms with van der Waals surface area (Å²) in [5, 5.41) is 9.25. The van der Waals surface area contributed by atoms with Crippen molar-refractivity contribution in [3.05, 3.63) is 59.3 Å². The molecule has 0 atom stereocenters. The Labute approximate surface area is 142 Å². The van der Waals surface area contributed by atoms with Crippen LogP contribution in [0, 0.1) is 12.7 Å². The van der Waals surface area contributed by atoms with Crippen molar-refractivity contribution >= 4 is 22.8 Å². The molecule has 0 saturated carbocycles. The number of halogens is 1. The van der Waals surface area contributed by atoms with E-state index in [1.807, 2.05) is 0 Å². The maximum atomic E-state index is 14.8. The number of rotatable bonds is 4. The molecule has 0 spiro atoms. The topological polar surface area (TPSA) is 81.4 Å². The third-order valence-corrected chi connectivity index (χ3v) is 4.03. The predicted octanol–water partition coefficient (Wildman–Crippen LogP) is 2.81. The molecule has 0 aliphatic heterocycles. The molecule has 0 unspecified atom stereocenters. The second-order valence-corrected chi connectivity index (χ2v) is 5.47. The summed E-state index contributed by atoms with van der Waals surface area (Å²) < 4.78 is 21.0. The number of carboxylic acid groups (broad SMARTS) is 1. The number of hydrogen-bond acceptors (Lipinski definition) is 4. The maximum Gasteiger partial charge on any atom is 0.307 e. The molecule has 0 aliphatic rings. The van der Waals surface area contributed by atoms with Gasteiger partial charge < -0.3 is 9.84 Å². The van der Waals surface area contributed by atoms with Crippen LogP contribution in [0.15, 0.2) is 36.5 Å². The number of aromatic nitrogens is 2. The molecule has 3 aromatic rings. The number of aliphatic carboxylic acids is 1. The van der Waals surface area contributed by atoms with Crippen LogP contribution in [0.4, 0.5) is 4.39 Å². The van der Waals surface area contributed by atoms with Crippen molar-refractivity contribution in [2.75, 3.05) is 7.11 Å². The molecule has 128 valence electrons. The van der Waals surface area contributed by atoms with Crippen molar-refractivity contribution < 1.29 is 23.8 Å². The van der Waals surface area contributed by atoms with Crippen LogP contribution in [0.5, 0.6) is 5.75 Å². The van der Waals surface area contributed by atoms with E-state index < -0.39 is 24.1 Å². The lowest BCUT2D eigenvalue weighted by Gasteiger charge is -2.07. The molecule has 7 heteroatoms. The zero-order chi connectivity index (χ0) is 18.1. The number of hydrogen-bond donors (Lipinski definition) is 1. The Morgan fingerprint density at radius 1 is 1.28 bits per heavy atom. The van der Waals surface area contributed by atoms with Crippen molar-refractivity contribution in [1.29, 1.82) is 0 Å². The highest BCUT2D eigenvalue weighted by atomic mass is 19.1. The van der Waals surface area contributed by atoms with Crippen LogP contribution in [0.3, 0.4) is 0 Å². The maximum absolute atomic E-state index is 14.8. The minimum absolute atomic E-state index is 0.0124. The molecule has 3 rings (SSSR count). The zero-order valence-corrected chi connectivity index (χ0v) is 13.6. The van der Waals surface area contributed by atoms with Crippen molar-refractivity contribution in [3.8, 4) is 5.75 Å². The number of fused-ring (bicyclic) bond motifs is 1. The fourth-order valence-electron chi connectivity index (χ4n) is 2.91. The van der Waals surface area contributed by atoms with Gasteiger partial charge in [-0.05, 0) is 36.8 Å². The van der Waals surface area contributed by atoms with E-state index in [-0.39, 0.29) is 27.9 Å². The van der Waals surface area contributed by atoms with Crippen LogP contribution in [0.2, 0.25) is 0 Å². The molecule has 0 saturated heterocycles. The number of nitrogens with zero attached hydrogens (tertiary/aromatic N) is 2. The number of carboxylic acids is 1. The van der Waals surface area contributed by atoms with Gasteiger partial charge in [0, 0.05) is 17.3 Å². The van der Waals surface area contributed by atoms with Crippen molar-refractivity contribution in [2.45, 2.75) is 13.3 Å². The number of benzene rings is 1. The third kappa shape index (κ3) is 2.73. The van der Waals surface area contributed by atoms with Crippen LogP contribution < -0.4 is 4.74 Å². The van der Waals surface area contributed by atoms with Gasteiger partial charge in [0.15, 0.2) is 11.6 Å². The lowest BCUT2D eigenvalue weighted by Crippen LogP contribution is -2.15. The summed E-state index contributed by atoms with van der Waals surface area (Å²) in [5.41, 5.74) is 1.06. The van der Waals surface area contributed by atoms with Crippen LogP contribution in [0.25, 0.3) is 10.9 Å². The van der Waals surface area contributed by atoms with E-state index in [2.05, 4.69) is 4.98 Å². The minimum Gasteiger partial charge on any atom is -0.494 e. The average Bonchev–Trinajstić information content (AvgIpc) is 2.87. The molecule has 2 heterocycles. The summed E-state index contributed by atoms with van der Waals surface area (Å²) >= 11 is 0. The summed E-state index contributed by atoms with van der Waals surface area (Å²) in [7, 11) is 1.32. The Balaban J connectivity index is 2.33. The summed E-state index contributed by atoms with van der Waals surface area (Å²) in [5.74, 6) is -2.27. The standard InChI is InChI=1S/C18H15FN2O4/c1-10-11(9-15(22)23)16-13(6-7-14(25-2)17(16)19)21(10)18(24)12-5-3-4-8-20-12/h3-8H,9H2,1-2H3,(H,22,23). The second-order valence-electron chi connectivity index (χ2n) is 5.47. The molecule has 0 aliphatic carbocycles. The molecule has 2 aromatic heterocycles. The Kier molecular flexibility index (Phi) is 4.22. The van der Waals surface area contributed by atoms with Crippen LogP contribution >= 0.6 is 0 Å². The van der Waals surface area contributed by atoms with Crippen molar-refractivity contribution in [2.24, 2.45) is 0 Å². The second kappa shape index (κ2) is 6.35. The Morgan fingerprint density at radius 2 is 2.04 bits per heavy atom. The van der Waals surface area contributed by atoms with E-state index in [0.717, 1.165) is 0 Å². The highest BCUT2D eigenvalue weighted by Crippen LogP contribution is 2.33. The van der Waals surface area contributed by atoms with Gasteiger partial charge in [-0.2, -0.15) is 0 Å². The number of pyridine rings is 1. The van der Waals surface area contributed by atoms with Gasteiger partial charge in [-0.3, -0.25) is 19.1 Å². The van der Waals surface area contributed by atoms with Gasteiger partial charge >= 0.3 is 5.97 Å². The summed E-state index contributed by atoms with van der Waals surface area (Å²) in [6.45, 7) is 1.59. The lowest BCUT2D eigenvalue weighted by molar-refractivity contribution is -0.136. The van der Waals surface area contributed by atoms with E-state index >= 15 is 0 Å². The first-order chi connectivity index (χ1) is 12.0. The zero-order valence-electron chi connectivity index (χ0n) is 13.6. The van der Waals surface area contributed by atoms with Crippen molar-refractivity contribution in [3.63, 3.8) is 0 Å². The van der Waals surface area contributed by atoms with E-state index in [1.165, 1.54) is 30.0 Å². The molecule has 0 radical (unpaired) electrons. The third-order valence-electron chi connectivity index (χ3n) is 4.03. The van der Waals surface area contributed by atoms with Gasteiger partial charge in [0.25, 0.3) is 5.91 Å². The predicted molar refractivity (Wildman–Crippen MR) is 88.5 cm³/mol. The van der Waals surface area contributed by atoms with Gasteiger partial charge in [0.2, 0.25) is 0 Å². The molecule has 1 N–H and O–H groups in total. The van der Waals surface area contributed by atoms with Crippen LogP contribution in [-0.2, 0) is 11.2 Å². The number of carbonyl (C=O) groups excluding carboxylic acids is 1. The Bertz CT molecular complexity index is 980. The summed E-state index contributed by atoms with van der Waals surface area (Å²) in [6, 6.07) is 7.84.